The number of urea groups is 1. The number of rotatable bonds is 5. The molecule has 5 amide bonds. The number of hydrogen-bond donors (Lipinski definition) is 2. The average molecular weight is 415 g/mol. The third-order valence-electron chi connectivity index (χ3n) is 5.58. The summed E-state index contributed by atoms with van der Waals surface area (Å²) in [4.78, 5) is 61.8. The molecule has 1 aliphatic carbocycles. The standard InChI is InChI=1S/C21H25N3O6/c1-12-7-3-6-10-16(12)22-21(29)23-17(25)11-30-20(28)13(2)24-18(26)14-8-4-5-9-15(14)19(24)27/h4-5,8-9,12-13,16H,3,6-7,10-11H2,1-2H3,(H2,22,23,25,29)/t12-,13+,16+/m0/s1. The van der Waals surface area contributed by atoms with Gasteiger partial charge >= 0.3 is 12.0 Å². The van der Waals surface area contributed by atoms with E-state index in [4.69, 9.17) is 4.74 Å². The largest absolute Gasteiger partial charge is 0.454 e. The summed E-state index contributed by atoms with van der Waals surface area (Å²) in [6, 6.07) is 4.42. The Morgan fingerprint density at radius 2 is 1.70 bits per heavy atom. The molecule has 0 bridgehead atoms. The molecule has 3 rings (SSSR count). The van der Waals surface area contributed by atoms with Crippen LogP contribution in [0.1, 0.15) is 60.2 Å². The van der Waals surface area contributed by atoms with Crippen LogP contribution in [-0.4, -0.2) is 53.3 Å². The lowest BCUT2D eigenvalue weighted by atomic mass is 9.86. The molecule has 0 unspecified atom stereocenters. The van der Waals surface area contributed by atoms with Crippen molar-refractivity contribution < 1.29 is 28.7 Å². The minimum Gasteiger partial charge on any atom is -0.454 e. The predicted octanol–water partition coefficient (Wildman–Crippen LogP) is 1.62. The number of benzene rings is 1. The van der Waals surface area contributed by atoms with Gasteiger partial charge in [0.05, 0.1) is 11.1 Å². The van der Waals surface area contributed by atoms with Gasteiger partial charge in [-0.1, -0.05) is 31.9 Å². The van der Waals surface area contributed by atoms with E-state index in [2.05, 4.69) is 10.6 Å². The molecule has 1 aliphatic heterocycles. The van der Waals surface area contributed by atoms with Crippen LogP contribution in [0.2, 0.25) is 0 Å². The highest BCUT2D eigenvalue weighted by molar-refractivity contribution is 6.22. The highest BCUT2D eigenvalue weighted by Crippen LogP contribution is 2.25. The van der Waals surface area contributed by atoms with E-state index >= 15 is 0 Å². The maximum absolute atomic E-state index is 12.4. The van der Waals surface area contributed by atoms with Gasteiger partial charge in [0.25, 0.3) is 17.7 Å². The molecule has 1 aromatic rings. The zero-order chi connectivity index (χ0) is 21.8. The van der Waals surface area contributed by atoms with Crippen LogP contribution in [0.5, 0.6) is 0 Å². The maximum Gasteiger partial charge on any atom is 0.329 e. The van der Waals surface area contributed by atoms with E-state index in [0.29, 0.717) is 5.92 Å². The SMILES string of the molecule is C[C@H](C(=O)OCC(=O)NC(=O)N[C@@H]1CCCC[C@@H]1C)N1C(=O)c2ccccc2C1=O. The molecular weight excluding hydrogens is 390 g/mol. The van der Waals surface area contributed by atoms with Gasteiger partial charge in [-0.25, -0.2) is 9.59 Å². The fourth-order valence-corrected chi connectivity index (χ4v) is 3.82. The minimum absolute atomic E-state index is 0.00273. The Morgan fingerprint density at radius 1 is 1.10 bits per heavy atom. The number of fused-ring (bicyclic) bond motifs is 1. The first-order valence-corrected chi connectivity index (χ1v) is 10.0. The van der Waals surface area contributed by atoms with E-state index < -0.39 is 42.4 Å². The first-order chi connectivity index (χ1) is 14.3. The Hall–Kier alpha value is -3.23. The van der Waals surface area contributed by atoms with Crippen molar-refractivity contribution in [2.75, 3.05) is 6.61 Å². The molecule has 9 nitrogen and oxygen atoms in total. The third-order valence-corrected chi connectivity index (χ3v) is 5.58. The van der Waals surface area contributed by atoms with Crippen LogP contribution in [0.15, 0.2) is 24.3 Å². The number of amides is 5. The normalized spacial score (nSPS) is 21.6. The summed E-state index contributed by atoms with van der Waals surface area (Å²) in [5.74, 6) is -2.56. The predicted molar refractivity (Wildman–Crippen MR) is 105 cm³/mol. The van der Waals surface area contributed by atoms with E-state index in [1.54, 1.807) is 12.1 Å². The smallest absolute Gasteiger partial charge is 0.329 e. The Labute approximate surface area is 174 Å². The molecule has 2 N–H and O–H groups in total. The summed E-state index contributed by atoms with van der Waals surface area (Å²) in [7, 11) is 0. The summed E-state index contributed by atoms with van der Waals surface area (Å²) in [6.07, 6.45) is 4.03. The second-order valence-corrected chi connectivity index (χ2v) is 7.70. The first kappa shape index (κ1) is 21.5. The van der Waals surface area contributed by atoms with Gasteiger partial charge in [0.15, 0.2) is 6.61 Å². The molecule has 1 heterocycles. The van der Waals surface area contributed by atoms with Gasteiger partial charge in [-0.3, -0.25) is 24.6 Å². The van der Waals surface area contributed by atoms with Crippen LogP contribution >= 0.6 is 0 Å². The summed E-state index contributed by atoms with van der Waals surface area (Å²) in [5, 5.41) is 4.90. The number of hydrogen-bond acceptors (Lipinski definition) is 6. The highest BCUT2D eigenvalue weighted by atomic mass is 16.5. The molecule has 1 aromatic carbocycles. The van der Waals surface area contributed by atoms with Crippen LogP contribution in [0, 0.1) is 5.92 Å². The Morgan fingerprint density at radius 3 is 2.30 bits per heavy atom. The number of ether oxygens (including phenoxy) is 1. The van der Waals surface area contributed by atoms with Gasteiger partial charge in [0.2, 0.25) is 0 Å². The lowest BCUT2D eigenvalue weighted by Gasteiger charge is -2.29. The molecule has 3 atom stereocenters. The average Bonchev–Trinajstić information content (AvgIpc) is 2.98. The van der Waals surface area contributed by atoms with Crippen molar-refractivity contribution in [3.8, 4) is 0 Å². The molecule has 0 aromatic heterocycles. The van der Waals surface area contributed by atoms with Gasteiger partial charge in [-0.2, -0.15) is 0 Å². The van der Waals surface area contributed by atoms with E-state index in [0.717, 1.165) is 30.6 Å². The molecule has 30 heavy (non-hydrogen) atoms. The van der Waals surface area contributed by atoms with Crippen LogP contribution in [-0.2, 0) is 14.3 Å². The highest BCUT2D eigenvalue weighted by Gasteiger charge is 2.41. The van der Waals surface area contributed by atoms with E-state index in [1.807, 2.05) is 6.92 Å². The van der Waals surface area contributed by atoms with E-state index in [-0.39, 0.29) is 17.2 Å². The monoisotopic (exact) mass is 415 g/mol. The molecule has 2 aliphatic rings. The van der Waals surface area contributed by atoms with E-state index in [1.165, 1.54) is 19.1 Å². The molecule has 0 radical (unpaired) electrons. The fraction of sp³-hybridized carbons (Fsp3) is 0.476. The van der Waals surface area contributed by atoms with Gasteiger partial charge in [0, 0.05) is 6.04 Å². The molecular formula is C21H25N3O6. The number of nitrogens with one attached hydrogen (secondary N) is 2. The Balaban J connectivity index is 1.48. The quantitative estimate of drug-likeness (QED) is 0.557. The van der Waals surface area contributed by atoms with Crippen LogP contribution in [0.4, 0.5) is 4.79 Å². The number of carbonyl (C=O) groups is 5. The van der Waals surface area contributed by atoms with Gasteiger partial charge in [-0.15, -0.1) is 0 Å². The summed E-state index contributed by atoms with van der Waals surface area (Å²) >= 11 is 0. The van der Waals surface area contributed by atoms with Gasteiger partial charge < -0.3 is 10.1 Å². The van der Waals surface area contributed by atoms with Crippen LogP contribution < -0.4 is 10.6 Å². The minimum atomic E-state index is -1.21. The van der Waals surface area contributed by atoms with Crippen LogP contribution in [0.3, 0.4) is 0 Å². The van der Waals surface area contributed by atoms with Crippen molar-refractivity contribution in [1.29, 1.82) is 0 Å². The second kappa shape index (κ2) is 9.06. The first-order valence-electron chi connectivity index (χ1n) is 10.0. The molecule has 1 fully saturated rings. The zero-order valence-electron chi connectivity index (χ0n) is 17.0. The number of imide groups is 2. The number of carbonyl (C=O) groups excluding carboxylic acids is 5. The summed E-state index contributed by atoms with van der Waals surface area (Å²) < 4.78 is 4.91. The lowest BCUT2D eigenvalue weighted by molar-refractivity contribution is -0.151. The van der Waals surface area contributed by atoms with E-state index in [9.17, 15) is 24.0 Å². The van der Waals surface area contributed by atoms with Crippen molar-refractivity contribution in [3.63, 3.8) is 0 Å². The molecule has 0 spiro atoms. The lowest BCUT2D eigenvalue weighted by Crippen LogP contribution is -2.49. The fourth-order valence-electron chi connectivity index (χ4n) is 3.82. The molecule has 160 valence electrons. The Kier molecular flexibility index (Phi) is 6.49. The topological polar surface area (TPSA) is 122 Å². The summed E-state index contributed by atoms with van der Waals surface area (Å²) in [6.45, 7) is 2.70. The van der Waals surface area contributed by atoms with Crippen molar-refractivity contribution in [2.24, 2.45) is 5.92 Å². The van der Waals surface area contributed by atoms with Crippen LogP contribution in [0.25, 0.3) is 0 Å². The van der Waals surface area contributed by atoms with Crippen molar-refractivity contribution in [1.82, 2.24) is 15.5 Å². The molecule has 0 saturated heterocycles. The molecule has 1 saturated carbocycles. The number of esters is 1. The van der Waals surface area contributed by atoms with Crippen molar-refractivity contribution >= 4 is 29.7 Å². The van der Waals surface area contributed by atoms with Gasteiger partial charge in [-0.05, 0) is 37.8 Å². The molecule has 9 heteroatoms. The number of nitrogens with zero attached hydrogens (tertiary/aromatic N) is 1. The van der Waals surface area contributed by atoms with Crippen molar-refractivity contribution in [2.45, 2.75) is 51.6 Å². The third kappa shape index (κ3) is 4.50. The Bertz CT molecular complexity index is 848. The zero-order valence-corrected chi connectivity index (χ0v) is 17.0. The maximum atomic E-state index is 12.4. The second-order valence-electron chi connectivity index (χ2n) is 7.70. The summed E-state index contributed by atoms with van der Waals surface area (Å²) in [5.41, 5.74) is 0.432. The van der Waals surface area contributed by atoms with Crippen molar-refractivity contribution in [3.05, 3.63) is 35.4 Å². The van der Waals surface area contributed by atoms with Gasteiger partial charge in [0.1, 0.15) is 6.04 Å².